The lowest BCUT2D eigenvalue weighted by molar-refractivity contribution is 0.128. The lowest BCUT2D eigenvalue weighted by Crippen LogP contribution is -2.03. The fourth-order valence-electron chi connectivity index (χ4n) is 1.49. The molecule has 2 aromatic rings. The molecule has 0 aliphatic heterocycles. The number of hydrogen-bond donors (Lipinski definition) is 1. The van der Waals surface area contributed by atoms with E-state index in [2.05, 4.69) is 15.3 Å². The summed E-state index contributed by atoms with van der Waals surface area (Å²) in [7, 11) is 0. The molecule has 0 spiro atoms. The first kappa shape index (κ1) is 13.7. The first-order chi connectivity index (χ1) is 9.19. The molecule has 0 aliphatic carbocycles. The third-order valence-electron chi connectivity index (χ3n) is 2.31. The highest BCUT2D eigenvalue weighted by Gasteiger charge is 2.06. The number of nitrogens with zero attached hydrogens (tertiary/aromatic N) is 2. The summed E-state index contributed by atoms with van der Waals surface area (Å²) in [6.07, 6.45) is 0. The number of ether oxygens (including phenoxy) is 1. The first-order valence-electron chi connectivity index (χ1n) is 5.82. The Morgan fingerprint density at radius 2 is 2.11 bits per heavy atom. The van der Waals surface area contributed by atoms with Crippen molar-refractivity contribution in [1.29, 1.82) is 0 Å². The van der Waals surface area contributed by atoms with E-state index < -0.39 is 0 Å². The van der Waals surface area contributed by atoms with Gasteiger partial charge in [-0.2, -0.15) is 0 Å². The van der Waals surface area contributed by atoms with Crippen LogP contribution in [0.25, 0.3) is 0 Å². The van der Waals surface area contributed by atoms with Crippen molar-refractivity contribution in [2.75, 3.05) is 11.9 Å². The van der Waals surface area contributed by atoms with Crippen LogP contribution >= 0.6 is 11.6 Å². The Morgan fingerprint density at radius 1 is 1.32 bits per heavy atom. The van der Waals surface area contributed by atoms with Gasteiger partial charge in [-0.1, -0.05) is 23.7 Å². The molecule has 0 atom stereocenters. The summed E-state index contributed by atoms with van der Waals surface area (Å²) in [6, 6.07) is 7.87. The predicted octanol–water partition coefficient (Wildman–Crippen LogP) is 3.55. The Morgan fingerprint density at radius 3 is 2.84 bits per heavy atom. The van der Waals surface area contributed by atoms with Gasteiger partial charge in [0, 0.05) is 12.7 Å². The van der Waals surface area contributed by atoms with Gasteiger partial charge in [-0.3, -0.25) is 0 Å². The van der Waals surface area contributed by atoms with E-state index in [-0.39, 0.29) is 17.6 Å². The van der Waals surface area contributed by atoms with E-state index in [1.165, 1.54) is 12.1 Å². The van der Waals surface area contributed by atoms with E-state index in [9.17, 15) is 4.39 Å². The number of para-hydroxylation sites is 1. The number of hydrogen-bond acceptors (Lipinski definition) is 4. The van der Waals surface area contributed by atoms with E-state index in [0.717, 1.165) is 0 Å². The van der Waals surface area contributed by atoms with Crippen LogP contribution in [0.15, 0.2) is 30.3 Å². The zero-order valence-corrected chi connectivity index (χ0v) is 11.1. The molecule has 0 saturated heterocycles. The number of nitrogens with one attached hydrogen (secondary N) is 1. The van der Waals surface area contributed by atoms with Crippen molar-refractivity contribution in [3.8, 4) is 0 Å². The van der Waals surface area contributed by atoms with Gasteiger partial charge in [0.1, 0.15) is 23.4 Å². The van der Waals surface area contributed by atoms with Crippen LogP contribution in [0.4, 0.5) is 15.9 Å². The number of rotatable bonds is 5. The Hall–Kier alpha value is -1.72. The molecule has 0 bridgehead atoms. The Bertz CT molecular complexity index is 565. The second kappa shape index (κ2) is 6.45. The van der Waals surface area contributed by atoms with E-state index in [1.54, 1.807) is 18.2 Å². The number of aromatic nitrogens is 2. The quantitative estimate of drug-likeness (QED) is 0.852. The van der Waals surface area contributed by atoms with Crippen molar-refractivity contribution in [3.63, 3.8) is 0 Å². The Kier molecular flexibility index (Phi) is 4.65. The lowest BCUT2D eigenvalue weighted by Gasteiger charge is -2.08. The van der Waals surface area contributed by atoms with E-state index in [0.29, 0.717) is 23.9 Å². The largest absolute Gasteiger partial charge is 0.374 e. The van der Waals surface area contributed by atoms with Crippen LogP contribution in [0.5, 0.6) is 0 Å². The minimum absolute atomic E-state index is 0.267. The summed E-state index contributed by atoms with van der Waals surface area (Å²) >= 11 is 5.89. The maximum absolute atomic E-state index is 13.5. The first-order valence-corrected chi connectivity index (χ1v) is 6.19. The highest BCUT2D eigenvalue weighted by Crippen LogP contribution is 2.20. The van der Waals surface area contributed by atoms with Gasteiger partial charge in [-0.15, -0.1) is 0 Å². The molecular weight excluding hydrogens is 269 g/mol. The predicted molar refractivity (Wildman–Crippen MR) is 72.1 cm³/mol. The molecule has 6 heteroatoms. The van der Waals surface area contributed by atoms with Gasteiger partial charge in [-0.25, -0.2) is 14.4 Å². The zero-order chi connectivity index (χ0) is 13.7. The summed E-state index contributed by atoms with van der Waals surface area (Å²) in [5, 5.41) is 3.14. The minimum Gasteiger partial charge on any atom is -0.374 e. The molecule has 100 valence electrons. The van der Waals surface area contributed by atoms with Crippen molar-refractivity contribution >= 4 is 23.1 Å². The summed E-state index contributed by atoms with van der Waals surface area (Å²) in [6.45, 7) is 2.71. The molecule has 4 nitrogen and oxygen atoms in total. The van der Waals surface area contributed by atoms with E-state index in [4.69, 9.17) is 16.3 Å². The third kappa shape index (κ3) is 3.87. The summed E-state index contributed by atoms with van der Waals surface area (Å²) in [4.78, 5) is 8.24. The van der Waals surface area contributed by atoms with Gasteiger partial charge < -0.3 is 10.1 Å². The van der Waals surface area contributed by atoms with E-state index in [1.807, 2.05) is 6.92 Å². The van der Waals surface area contributed by atoms with Gasteiger partial charge >= 0.3 is 0 Å². The molecule has 0 fully saturated rings. The van der Waals surface area contributed by atoms with Gasteiger partial charge in [0.05, 0.1) is 5.69 Å². The second-order valence-corrected chi connectivity index (χ2v) is 4.12. The standard InChI is InChI=1S/C13H13ClFN3O/c1-2-19-8-13-17-11(14)7-12(18-13)16-10-6-4-3-5-9(10)15/h3-7H,2,8H2,1H3,(H,16,17,18). The van der Waals surface area contributed by atoms with Gasteiger partial charge in [0.2, 0.25) is 0 Å². The molecule has 2 rings (SSSR count). The minimum atomic E-state index is -0.358. The molecule has 19 heavy (non-hydrogen) atoms. The van der Waals surface area contributed by atoms with Crippen LogP contribution in [0.3, 0.4) is 0 Å². The summed E-state index contributed by atoms with van der Waals surface area (Å²) in [5.41, 5.74) is 0.333. The van der Waals surface area contributed by atoms with Crippen LogP contribution < -0.4 is 5.32 Å². The van der Waals surface area contributed by atoms with Gasteiger partial charge in [0.25, 0.3) is 0 Å². The van der Waals surface area contributed by atoms with Crippen molar-refractivity contribution in [2.24, 2.45) is 0 Å². The second-order valence-electron chi connectivity index (χ2n) is 3.73. The summed E-state index contributed by atoms with van der Waals surface area (Å²) in [5.74, 6) is 0.525. The molecule has 1 aromatic heterocycles. The molecule has 0 unspecified atom stereocenters. The number of benzene rings is 1. The SMILES string of the molecule is CCOCc1nc(Cl)cc(Nc2ccccc2F)n1. The molecule has 0 aliphatic rings. The number of halogens is 2. The average Bonchev–Trinajstić information content (AvgIpc) is 2.38. The van der Waals surface area contributed by atoms with E-state index >= 15 is 0 Å². The van der Waals surface area contributed by atoms with Gasteiger partial charge in [0.15, 0.2) is 5.82 Å². The number of anilines is 2. The van der Waals surface area contributed by atoms with Crippen LogP contribution in [0.2, 0.25) is 5.15 Å². The van der Waals surface area contributed by atoms with Crippen molar-refractivity contribution in [3.05, 3.63) is 47.1 Å². The third-order valence-corrected chi connectivity index (χ3v) is 2.51. The molecule has 1 heterocycles. The van der Waals surface area contributed by atoms with Crippen LogP contribution in [-0.2, 0) is 11.3 Å². The molecule has 0 saturated carbocycles. The Balaban J connectivity index is 2.20. The van der Waals surface area contributed by atoms with Gasteiger partial charge in [-0.05, 0) is 19.1 Å². The molecule has 0 amide bonds. The molecule has 0 radical (unpaired) electrons. The smallest absolute Gasteiger partial charge is 0.158 e. The fraction of sp³-hybridized carbons (Fsp3) is 0.231. The van der Waals surface area contributed by atoms with Crippen LogP contribution in [0, 0.1) is 5.82 Å². The van der Waals surface area contributed by atoms with Crippen molar-refractivity contribution in [1.82, 2.24) is 9.97 Å². The topological polar surface area (TPSA) is 47.0 Å². The molecule has 1 aromatic carbocycles. The average molecular weight is 282 g/mol. The maximum atomic E-state index is 13.5. The normalized spacial score (nSPS) is 10.5. The highest BCUT2D eigenvalue weighted by atomic mass is 35.5. The molecule has 1 N–H and O–H groups in total. The maximum Gasteiger partial charge on any atom is 0.158 e. The fourth-order valence-corrected chi connectivity index (χ4v) is 1.69. The van der Waals surface area contributed by atoms with Crippen molar-refractivity contribution < 1.29 is 9.13 Å². The lowest BCUT2D eigenvalue weighted by atomic mass is 10.3. The van der Waals surface area contributed by atoms with Crippen LogP contribution in [0.1, 0.15) is 12.7 Å². The monoisotopic (exact) mass is 281 g/mol. The zero-order valence-electron chi connectivity index (χ0n) is 10.4. The Labute approximate surface area is 115 Å². The van der Waals surface area contributed by atoms with Crippen molar-refractivity contribution in [2.45, 2.75) is 13.5 Å². The van der Waals surface area contributed by atoms with Crippen LogP contribution in [-0.4, -0.2) is 16.6 Å². The summed E-state index contributed by atoms with van der Waals surface area (Å²) < 4.78 is 18.7. The highest BCUT2D eigenvalue weighted by molar-refractivity contribution is 6.29. The molecular formula is C13H13ClFN3O.